The van der Waals surface area contributed by atoms with Crippen molar-refractivity contribution in [2.45, 2.75) is 44.9 Å². The minimum atomic E-state index is 0.0536. The van der Waals surface area contributed by atoms with Crippen LogP contribution in [0, 0.1) is 0 Å². The summed E-state index contributed by atoms with van der Waals surface area (Å²) in [5, 5.41) is 3.19. The second kappa shape index (κ2) is 10.0. The van der Waals surface area contributed by atoms with Crippen LogP contribution in [0.4, 0.5) is 0 Å². The molecule has 6 heteroatoms. The minimum Gasteiger partial charge on any atom is -0.489 e. The number of para-hydroxylation sites is 1. The molecule has 1 aromatic heterocycles. The smallest absolute Gasteiger partial charge is 0.234 e. The highest BCUT2D eigenvalue weighted by Gasteiger charge is 2.25. The summed E-state index contributed by atoms with van der Waals surface area (Å²) in [5.41, 5.74) is 2.31. The number of hydrogen-bond acceptors (Lipinski definition) is 5. The van der Waals surface area contributed by atoms with Gasteiger partial charge in [0.05, 0.1) is 12.6 Å². The number of fused-ring (bicyclic) bond motifs is 1. The highest BCUT2D eigenvalue weighted by atomic mass is 16.5. The van der Waals surface area contributed by atoms with E-state index in [2.05, 4.69) is 39.2 Å². The van der Waals surface area contributed by atoms with E-state index in [1.165, 1.54) is 24.8 Å². The minimum absolute atomic E-state index is 0.0536. The number of piperidine rings is 1. The zero-order chi connectivity index (χ0) is 20.8. The fourth-order valence-corrected chi connectivity index (χ4v) is 4.52. The second-order valence-electron chi connectivity index (χ2n) is 8.41. The third-order valence-corrected chi connectivity index (χ3v) is 5.97. The number of aromatic nitrogens is 1. The number of benzene rings is 1. The first-order chi connectivity index (χ1) is 14.7. The Labute approximate surface area is 179 Å². The molecule has 0 spiro atoms. The summed E-state index contributed by atoms with van der Waals surface area (Å²) in [5.74, 6) is 0.988. The van der Waals surface area contributed by atoms with Crippen molar-refractivity contribution >= 4 is 5.91 Å². The maximum Gasteiger partial charge on any atom is 0.234 e. The van der Waals surface area contributed by atoms with E-state index in [1.54, 1.807) is 6.20 Å². The van der Waals surface area contributed by atoms with E-state index in [0.717, 1.165) is 37.5 Å². The lowest BCUT2D eigenvalue weighted by Crippen LogP contribution is -2.44. The summed E-state index contributed by atoms with van der Waals surface area (Å²) in [6.07, 6.45) is 7.51. The van der Waals surface area contributed by atoms with Crippen molar-refractivity contribution in [3.63, 3.8) is 0 Å². The Kier molecular flexibility index (Phi) is 6.97. The van der Waals surface area contributed by atoms with Gasteiger partial charge in [0, 0.05) is 37.6 Å². The van der Waals surface area contributed by atoms with Gasteiger partial charge >= 0.3 is 0 Å². The number of amides is 1. The van der Waals surface area contributed by atoms with E-state index >= 15 is 0 Å². The Hall–Kier alpha value is -2.44. The SMILES string of the molecule is CC1CN(CC(=O)NCC(c2cccnc2)N2CCCCC2)Cc2ccccc2O1. The molecule has 1 aromatic carbocycles. The first kappa shape index (κ1) is 20.8. The van der Waals surface area contributed by atoms with Gasteiger partial charge in [-0.3, -0.25) is 19.6 Å². The topological polar surface area (TPSA) is 57.7 Å². The highest BCUT2D eigenvalue weighted by molar-refractivity contribution is 5.78. The standard InChI is InChI=1S/C24H32N4O2/c1-19-16-27(17-21-8-3-4-10-23(21)30-19)18-24(29)26-15-22(20-9-7-11-25-14-20)28-12-5-2-6-13-28/h3-4,7-11,14,19,22H,2,5-6,12-13,15-18H2,1H3,(H,26,29). The van der Waals surface area contributed by atoms with Crippen LogP contribution >= 0.6 is 0 Å². The van der Waals surface area contributed by atoms with Crippen molar-refractivity contribution in [1.82, 2.24) is 20.1 Å². The first-order valence-corrected chi connectivity index (χ1v) is 11.1. The zero-order valence-electron chi connectivity index (χ0n) is 17.8. The summed E-state index contributed by atoms with van der Waals surface area (Å²) in [7, 11) is 0. The molecule has 2 aliphatic heterocycles. The third-order valence-electron chi connectivity index (χ3n) is 5.97. The lowest BCUT2D eigenvalue weighted by molar-refractivity contribution is -0.122. The normalized spacial score (nSPS) is 21.2. The molecule has 2 atom stereocenters. The van der Waals surface area contributed by atoms with Crippen molar-refractivity contribution < 1.29 is 9.53 Å². The molecule has 6 nitrogen and oxygen atoms in total. The van der Waals surface area contributed by atoms with Gasteiger partial charge in [-0.25, -0.2) is 0 Å². The number of nitrogens with one attached hydrogen (secondary N) is 1. The van der Waals surface area contributed by atoms with Gasteiger partial charge in [0.2, 0.25) is 5.91 Å². The molecule has 0 radical (unpaired) electrons. The van der Waals surface area contributed by atoms with Crippen LogP contribution in [-0.4, -0.2) is 59.5 Å². The Morgan fingerprint density at radius 1 is 1.20 bits per heavy atom. The van der Waals surface area contributed by atoms with Crippen molar-refractivity contribution in [2.24, 2.45) is 0 Å². The predicted molar refractivity (Wildman–Crippen MR) is 117 cm³/mol. The van der Waals surface area contributed by atoms with Crippen LogP contribution in [0.5, 0.6) is 5.75 Å². The second-order valence-corrected chi connectivity index (χ2v) is 8.41. The van der Waals surface area contributed by atoms with Crippen molar-refractivity contribution in [1.29, 1.82) is 0 Å². The van der Waals surface area contributed by atoms with Crippen molar-refractivity contribution in [3.8, 4) is 5.75 Å². The molecule has 0 saturated carbocycles. The Bertz CT molecular complexity index is 823. The van der Waals surface area contributed by atoms with Crippen LogP contribution in [0.2, 0.25) is 0 Å². The maximum atomic E-state index is 12.8. The molecule has 1 amide bonds. The van der Waals surface area contributed by atoms with Crippen molar-refractivity contribution in [2.75, 3.05) is 32.7 Å². The van der Waals surface area contributed by atoms with Crippen LogP contribution in [0.3, 0.4) is 0 Å². The number of likely N-dealkylation sites (tertiary alicyclic amines) is 1. The Balaban J connectivity index is 1.37. The third kappa shape index (κ3) is 5.37. The summed E-state index contributed by atoms with van der Waals surface area (Å²) in [4.78, 5) is 21.8. The first-order valence-electron chi connectivity index (χ1n) is 11.1. The largest absolute Gasteiger partial charge is 0.489 e. The maximum absolute atomic E-state index is 12.8. The molecule has 0 aliphatic carbocycles. The molecule has 0 bridgehead atoms. The average molecular weight is 409 g/mol. The van der Waals surface area contributed by atoms with Gasteiger partial charge in [0.1, 0.15) is 11.9 Å². The number of carbonyl (C=O) groups is 1. The fourth-order valence-electron chi connectivity index (χ4n) is 4.52. The summed E-state index contributed by atoms with van der Waals surface area (Å²) >= 11 is 0. The van der Waals surface area contributed by atoms with Gasteiger partial charge in [0.15, 0.2) is 0 Å². The van der Waals surface area contributed by atoms with Gasteiger partial charge in [0.25, 0.3) is 0 Å². The monoisotopic (exact) mass is 408 g/mol. The van der Waals surface area contributed by atoms with Crippen LogP contribution in [-0.2, 0) is 11.3 Å². The average Bonchev–Trinajstić information content (AvgIpc) is 2.92. The molecule has 4 rings (SSSR count). The van der Waals surface area contributed by atoms with Gasteiger partial charge in [-0.2, -0.15) is 0 Å². The molecular formula is C24H32N4O2. The number of ether oxygens (including phenoxy) is 1. The van der Waals surface area contributed by atoms with Crippen LogP contribution in [0.15, 0.2) is 48.8 Å². The molecule has 2 unspecified atom stereocenters. The quantitative estimate of drug-likeness (QED) is 0.796. The van der Waals surface area contributed by atoms with E-state index in [-0.39, 0.29) is 18.1 Å². The molecule has 1 saturated heterocycles. The van der Waals surface area contributed by atoms with E-state index in [4.69, 9.17) is 4.74 Å². The molecule has 2 aromatic rings. The summed E-state index contributed by atoms with van der Waals surface area (Å²) in [6.45, 7) is 6.66. The summed E-state index contributed by atoms with van der Waals surface area (Å²) in [6, 6.07) is 12.4. The Morgan fingerprint density at radius 2 is 2.03 bits per heavy atom. The van der Waals surface area contributed by atoms with Gasteiger partial charge in [-0.1, -0.05) is 30.7 Å². The lowest BCUT2D eigenvalue weighted by atomic mass is 10.0. The molecule has 3 heterocycles. The van der Waals surface area contributed by atoms with Crippen LogP contribution in [0.25, 0.3) is 0 Å². The molecule has 160 valence electrons. The molecule has 1 N–H and O–H groups in total. The van der Waals surface area contributed by atoms with E-state index in [9.17, 15) is 4.79 Å². The zero-order valence-corrected chi connectivity index (χ0v) is 17.8. The van der Waals surface area contributed by atoms with E-state index in [0.29, 0.717) is 13.1 Å². The number of nitrogens with zero attached hydrogens (tertiary/aromatic N) is 3. The van der Waals surface area contributed by atoms with Crippen molar-refractivity contribution in [3.05, 3.63) is 59.9 Å². The van der Waals surface area contributed by atoms with E-state index in [1.807, 2.05) is 30.5 Å². The highest BCUT2D eigenvalue weighted by Crippen LogP contribution is 2.25. The van der Waals surface area contributed by atoms with Gasteiger partial charge < -0.3 is 10.1 Å². The number of hydrogen-bond donors (Lipinski definition) is 1. The number of pyridine rings is 1. The van der Waals surface area contributed by atoms with Crippen LogP contribution < -0.4 is 10.1 Å². The number of carbonyl (C=O) groups excluding carboxylic acids is 1. The van der Waals surface area contributed by atoms with Crippen LogP contribution in [0.1, 0.15) is 43.4 Å². The Morgan fingerprint density at radius 3 is 2.83 bits per heavy atom. The molecule has 1 fully saturated rings. The fraction of sp³-hybridized carbons (Fsp3) is 0.500. The van der Waals surface area contributed by atoms with Gasteiger partial charge in [-0.05, 0) is 50.6 Å². The lowest BCUT2D eigenvalue weighted by Gasteiger charge is -2.35. The predicted octanol–water partition coefficient (Wildman–Crippen LogP) is 3.01. The van der Waals surface area contributed by atoms with E-state index < -0.39 is 0 Å². The summed E-state index contributed by atoms with van der Waals surface area (Å²) < 4.78 is 6.02. The molecule has 2 aliphatic rings. The number of rotatable bonds is 6. The van der Waals surface area contributed by atoms with Gasteiger partial charge in [-0.15, -0.1) is 0 Å². The molecular weight excluding hydrogens is 376 g/mol. The molecule has 30 heavy (non-hydrogen) atoms.